The number of benzene rings is 1. The van der Waals surface area contributed by atoms with Gasteiger partial charge in [0.25, 0.3) is 0 Å². The molecule has 0 aliphatic rings. The first-order valence-electron chi connectivity index (χ1n) is 8.90. The van der Waals surface area contributed by atoms with Crippen molar-refractivity contribution < 1.29 is 28.2 Å². The number of esters is 1. The zero-order valence-corrected chi connectivity index (χ0v) is 16.6. The number of ketones is 1. The first-order chi connectivity index (χ1) is 12.5. The molecule has 1 aromatic carbocycles. The molecule has 6 nitrogen and oxygen atoms in total. The Kier molecular flexibility index (Phi) is 7.94. The van der Waals surface area contributed by atoms with E-state index in [1.54, 1.807) is 27.7 Å². The average molecular weight is 381 g/mol. The SMILES string of the molecule is CCOC(=O)[C@](CCC(C)=O)(CNC(=O)OC(C)(C)C)c1ccc(F)cc1. The van der Waals surface area contributed by atoms with Crippen LogP contribution in [0.3, 0.4) is 0 Å². The summed E-state index contributed by atoms with van der Waals surface area (Å²) < 4.78 is 23.8. The van der Waals surface area contributed by atoms with Gasteiger partial charge in [-0.3, -0.25) is 4.79 Å². The van der Waals surface area contributed by atoms with Gasteiger partial charge in [-0.1, -0.05) is 12.1 Å². The average Bonchev–Trinajstić information content (AvgIpc) is 2.54. The van der Waals surface area contributed by atoms with E-state index in [-0.39, 0.29) is 31.8 Å². The lowest BCUT2D eigenvalue weighted by Gasteiger charge is -2.32. The minimum absolute atomic E-state index is 0.103. The summed E-state index contributed by atoms with van der Waals surface area (Å²) in [6.07, 6.45) is -0.476. The van der Waals surface area contributed by atoms with Gasteiger partial charge in [0.1, 0.15) is 22.6 Å². The molecule has 1 rings (SSSR count). The predicted octanol–water partition coefficient (Wildman–Crippen LogP) is 3.52. The Morgan fingerprint density at radius 2 is 1.70 bits per heavy atom. The van der Waals surface area contributed by atoms with Crippen molar-refractivity contribution in [1.82, 2.24) is 5.32 Å². The molecule has 7 heteroatoms. The first-order valence-corrected chi connectivity index (χ1v) is 8.90. The molecular formula is C20H28FNO5. The van der Waals surface area contributed by atoms with Crippen LogP contribution < -0.4 is 5.32 Å². The molecule has 0 heterocycles. The highest BCUT2D eigenvalue weighted by Gasteiger charge is 2.42. The Bertz CT molecular complexity index is 666. The van der Waals surface area contributed by atoms with Gasteiger partial charge in [0.05, 0.1) is 6.61 Å². The summed E-state index contributed by atoms with van der Waals surface area (Å²) in [5, 5.41) is 2.59. The molecule has 0 saturated carbocycles. The molecule has 1 atom stereocenters. The maximum atomic E-state index is 13.4. The zero-order valence-electron chi connectivity index (χ0n) is 16.6. The Morgan fingerprint density at radius 3 is 2.19 bits per heavy atom. The van der Waals surface area contributed by atoms with Gasteiger partial charge in [0.15, 0.2) is 0 Å². The molecule has 0 aliphatic carbocycles. The van der Waals surface area contributed by atoms with Gasteiger partial charge in [-0.15, -0.1) is 0 Å². The fourth-order valence-corrected chi connectivity index (χ4v) is 2.59. The molecule has 0 spiro atoms. The normalized spacial score (nSPS) is 13.4. The van der Waals surface area contributed by atoms with E-state index < -0.39 is 28.9 Å². The maximum Gasteiger partial charge on any atom is 0.407 e. The summed E-state index contributed by atoms with van der Waals surface area (Å²) in [5.74, 6) is -1.15. The summed E-state index contributed by atoms with van der Waals surface area (Å²) in [5.41, 5.74) is -1.57. The van der Waals surface area contributed by atoms with Crippen molar-refractivity contribution in [2.24, 2.45) is 0 Å². The van der Waals surface area contributed by atoms with Gasteiger partial charge in [-0.2, -0.15) is 0 Å². The van der Waals surface area contributed by atoms with E-state index in [1.807, 2.05) is 0 Å². The summed E-state index contributed by atoms with van der Waals surface area (Å²) in [4.78, 5) is 36.5. The molecule has 0 unspecified atom stereocenters. The topological polar surface area (TPSA) is 81.7 Å². The molecule has 27 heavy (non-hydrogen) atoms. The number of hydrogen-bond acceptors (Lipinski definition) is 5. The second kappa shape index (κ2) is 9.48. The van der Waals surface area contributed by atoms with Crippen LogP contribution in [0.5, 0.6) is 0 Å². The van der Waals surface area contributed by atoms with E-state index >= 15 is 0 Å². The Balaban J connectivity index is 3.23. The molecule has 0 aliphatic heterocycles. The lowest BCUT2D eigenvalue weighted by atomic mass is 9.76. The third-order valence-corrected chi connectivity index (χ3v) is 3.90. The van der Waals surface area contributed by atoms with Crippen molar-refractivity contribution in [2.45, 2.75) is 58.5 Å². The van der Waals surface area contributed by atoms with Gasteiger partial charge in [-0.05, 0) is 58.7 Å². The van der Waals surface area contributed by atoms with E-state index in [9.17, 15) is 18.8 Å². The van der Waals surface area contributed by atoms with Crippen LogP contribution in [0.25, 0.3) is 0 Å². The number of alkyl carbamates (subject to hydrolysis) is 1. The summed E-state index contributed by atoms with van der Waals surface area (Å²) >= 11 is 0. The van der Waals surface area contributed by atoms with Crippen LogP contribution in [0.2, 0.25) is 0 Å². The molecule has 0 saturated heterocycles. The van der Waals surface area contributed by atoms with Crippen molar-refractivity contribution in [1.29, 1.82) is 0 Å². The van der Waals surface area contributed by atoms with E-state index in [4.69, 9.17) is 9.47 Å². The van der Waals surface area contributed by atoms with E-state index in [0.717, 1.165) is 0 Å². The lowest BCUT2D eigenvalue weighted by Crippen LogP contribution is -2.48. The number of carbonyl (C=O) groups excluding carboxylic acids is 3. The number of ether oxygens (including phenoxy) is 2. The van der Waals surface area contributed by atoms with Crippen LogP contribution in [0.15, 0.2) is 24.3 Å². The van der Waals surface area contributed by atoms with Crippen LogP contribution in [0.4, 0.5) is 9.18 Å². The van der Waals surface area contributed by atoms with Crippen LogP contribution >= 0.6 is 0 Å². The maximum absolute atomic E-state index is 13.4. The Hall–Kier alpha value is -2.44. The highest BCUT2D eigenvalue weighted by molar-refractivity contribution is 5.86. The highest BCUT2D eigenvalue weighted by Crippen LogP contribution is 2.31. The monoisotopic (exact) mass is 381 g/mol. The number of amides is 1. The van der Waals surface area contributed by atoms with Crippen molar-refractivity contribution in [3.8, 4) is 0 Å². The van der Waals surface area contributed by atoms with Crippen molar-refractivity contribution in [2.75, 3.05) is 13.2 Å². The predicted molar refractivity (Wildman–Crippen MR) is 98.9 cm³/mol. The molecule has 1 amide bonds. The van der Waals surface area contributed by atoms with Crippen LogP contribution in [-0.4, -0.2) is 36.6 Å². The fourth-order valence-electron chi connectivity index (χ4n) is 2.59. The number of nitrogens with one attached hydrogen (secondary N) is 1. The minimum atomic E-state index is -1.33. The van der Waals surface area contributed by atoms with Crippen molar-refractivity contribution in [3.05, 3.63) is 35.6 Å². The minimum Gasteiger partial charge on any atom is -0.465 e. The third-order valence-electron chi connectivity index (χ3n) is 3.90. The van der Waals surface area contributed by atoms with Gasteiger partial charge in [0, 0.05) is 13.0 Å². The number of halogens is 1. The highest BCUT2D eigenvalue weighted by atomic mass is 19.1. The molecule has 0 bridgehead atoms. The standard InChI is InChI=1S/C20H28FNO5/c1-6-26-17(24)20(12-11-14(2)23,15-7-9-16(21)10-8-15)13-22-18(25)27-19(3,4)5/h7-10H,6,11-13H2,1-5H3,(H,22,25)/t20-/m1/s1. The smallest absolute Gasteiger partial charge is 0.407 e. The summed E-state index contributed by atoms with van der Waals surface area (Å²) in [7, 11) is 0. The number of carbonyl (C=O) groups is 3. The van der Waals surface area contributed by atoms with E-state index in [2.05, 4.69) is 5.32 Å². The fraction of sp³-hybridized carbons (Fsp3) is 0.550. The van der Waals surface area contributed by atoms with Gasteiger partial charge in [0.2, 0.25) is 0 Å². The summed E-state index contributed by atoms with van der Waals surface area (Å²) in [6.45, 7) is 8.25. The molecule has 0 radical (unpaired) electrons. The second-order valence-corrected chi connectivity index (χ2v) is 7.37. The molecule has 1 aromatic rings. The van der Waals surface area contributed by atoms with Gasteiger partial charge in [-0.25, -0.2) is 9.18 Å². The quantitative estimate of drug-likeness (QED) is 0.697. The van der Waals surface area contributed by atoms with Gasteiger partial charge < -0.3 is 19.6 Å². The van der Waals surface area contributed by atoms with Crippen LogP contribution in [-0.2, 0) is 24.5 Å². The van der Waals surface area contributed by atoms with Crippen molar-refractivity contribution in [3.63, 3.8) is 0 Å². The number of hydrogen-bond donors (Lipinski definition) is 1. The number of rotatable bonds is 8. The third kappa shape index (κ3) is 7.00. The van der Waals surface area contributed by atoms with Crippen LogP contribution in [0, 0.1) is 5.82 Å². The van der Waals surface area contributed by atoms with E-state index in [1.165, 1.54) is 31.2 Å². The molecule has 0 aromatic heterocycles. The second-order valence-electron chi connectivity index (χ2n) is 7.37. The Labute approximate surface area is 159 Å². The number of Topliss-reactive ketones (excluding diaryl/α,β-unsaturated/α-hetero) is 1. The molecule has 0 fully saturated rings. The molecular weight excluding hydrogens is 353 g/mol. The Morgan fingerprint density at radius 1 is 1.11 bits per heavy atom. The van der Waals surface area contributed by atoms with Crippen molar-refractivity contribution >= 4 is 17.8 Å². The summed E-state index contributed by atoms with van der Waals surface area (Å²) in [6, 6.07) is 5.38. The molecule has 150 valence electrons. The van der Waals surface area contributed by atoms with Gasteiger partial charge >= 0.3 is 12.1 Å². The largest absolute Gasteiger partial charge is 0.465 e. The zero-order chi connectivity index (χ0) is 20.7. The van der Waals surface area contributed by atoms with E-state index in [0.29, 0.717) is 5.56 Å². The lowest BCUT2D eigenvalue weighted by molar-refractivity contribution is -0.150. The first kappa shape index (κ1) is 22.6. The van der Waals surface area contributed by atoms with Crippen LogP contribution in [0.1, 0.15) is 53.0 Å². The molecule has 1 N–H and O–H groups in total.